The van der Waals surface area contributed by atoms with Crippen LogP contribution >= 0.6 is 11.3 Å². The van der Waals surface area contributed by atoms with Crippen LogP contribution in [-0.2, 0) is 0 Å². The molecule has 1 aliphatic rings. The molecule has 3 aromatic rings. The summed E-state index contributed by atoms with van der Waals surface area (Å²) in [6.45, 7) is 1.14. The molecule has 0 radical (unpaired) electrons. The number of fused-ring (bicyclic) bond motifs is 1. The molecule has 0 aliphatic carbocycles. The van der Waals surface area contributed by atoms with Gasteiger partial charge in [-0.25, -0.2) is 14.4 Å². The number of halogens is 1. The van der Waals surface area contributed by atoms with Gasteiger partial charge in [0, 0.05) is 43.3 Å². The number of anilines is 1. The molecule has 2 N–H and O–H groups in total. The Morgan fingerprint density at radius 2 is 2.26 bits per heavy atom. The largest absolute Gasteiger partial charge is 0.404 e. The van der Waals surface area contributed by atoms with Crippen LogP contribution in [-0.4, -0.2) is 42.5 Å². The number of aromatic nitrogens is 2. The molecule has 1 aromatic carbocycles. The molecule has 0 spiro atoms. The molecule has 1 unspecified atom stereocenters. The predicted octanol–water partition coefficient (Wildman–Crippen LogP) is 3.91. The van der Waals surface area contributed by atoms with Crippen LogP contribution < -0.4 is 10.6 Å². The maximum Gasteiger partial charge on any atom is 0.128 e. The number of alkyl halides is 1. The Kier molecular flexibility index (Phi) is 4.85. The van der Waals surface area contributed by atoms with E-state index in [1.54, 1.807) is 30.8 Å². The fraction of sp³-hybridized carbons (Fsp3) is 0.250. The lowest BCUT2D eigenvalue weighted by molar-refractivity contribution is 0.364. The zero-order valence-corrected chi connectivity index (χ0v) is 15.8. The predicted molar refractivity (Wildman–Crippen MR) is 111 cm³/mol. The molecule has 1 atom stereocenters. The van der Waals surface area contributed by atoms with Crippen molar-refractivity contribution in [1.82, 2.24) is 9.97 Å². The Hall–Kier alpha value is -2.80. The fourth-order valence-electron chi connectivity index (χ4n) is 3.21. The maximum atomic E-state index is 13.4. The zero-order chi connectivity index (χ0) is 18.8. The molecule has 4 rings (SSSR count). The number of rotatable bonds is 4. The summed E-state index contributed by atoms with van der Waals surface area (Å²) in [5, 5.41) is 0.911. The van der Waals surface area contributed by atoms with Crippen LogP contribution in [0.4, 0.5) is 10.2 Å². The molecule has 0 amide bonds. The molecule has 27 heavy (non-hydrogen) atoms. The van der Waals surface area contributed by atoms with Gasteiger partial charge in [0.2, 0.25) is 0 Å². The van der Waals surface area contributed by atoms with E-state index in [-0.39, 0.29) is 0 Å². The van der Waals surface area contributed by atoms with Gasteiger partial charge in [0.1, 0.15) is 17.0 Å². The van der Waals surface area contributed by atoms with Crippen LogP contribution in [0.25, 0.3) is 26.4 Å². The van der Waals surface area contributed by atoms with E-state index in [1.807, 2.05) is 41.4 Å². The van der Waals surface area contributed by atoms with Gasteiger partial charge < -0.3 is 10.6 Å². The first kappa shape index (κ1) is 17.6. The summed E-state index contributed by atoms with van der Waals surface area (Å²) in [6.07, 6.45) is 4.91. The molecule has 1 fully saturated rings. The first-order valence-electron chi connectivity index (χ1n) is 8.78. The monoisotopic (exact) mass is 381 g/mol. The van der Waals surface area contributed by atoms with Gasteiger partial charge in [0.25, 0.3) is 0 Å². The summed E-state index contributed by atoms with van der Waals surface area (Å²) in [5.41, 5.74) is 9.42. The highest BCUT2D eigenvalue weighted by Gasteiger charge is 2.22. The number of allylic oxidation sites excluding steroid dienone is 1. The molecule has 7 heteroatoms. The molecule has 5 nitrogen and oxygen atoms in total. The normalized spacial score (nSPS) is 18.1. The number of aliphatic imine (C=N–C) groups is 1. The van der Waals surface area contributed by atoms with Crippen LogP contribution in [0, 0.1) is 0 Å². The highest BCUT2D eigenvalue weighted by atomic mass is 32.1. The van der Waals surface area contributed by atoms with Crippen molar-refractivity contribution >= 4 is 39.2 Å². The number of benzene rings is 1. The Morgan fingerprint density at radius 1 is 1.37 bits per heavy atom. The second kappa shape index (κ2) is 7.44. The number of hydrogen-bond acceptors (Lipinski definition) is 6. The van der Waals surface area contributed by atoms with E-state index in [1.165, 1.54) is 0 Å². The minimum atomic E-state index is -0.754. The molecular weight excluding hydrogens is 361 g/mol. The van der Waals surface area contributed by atoms with E-state index >= 15 is 0 Å². The third kappa shape index (κ3) is 3.55. The van der Waals surface area contributed by atoms with Gasteiger partial charge >= 0.3 is 0 Å². The molecule has 2 aromatic heterocycles. The second-order valence-electron chi connectivity index (χ2n) is 6.45. The van der Waals surface area contributed by atoms with E-state index in [9.17, 15) is 4.39 Å². The Bertz CT molecular complexity index is 1010. The zero-order valence-electron chi connectivity index (χ0n) is 15.0. The summed E-state index contributed by atoms with van der Waals surface area (Å²) in [7, 11) is 1.72. The highest BCUT2D eigenvalue weighted by molar-refractivity contribution is 7.21. The van der Waals surface area contributed by atoms with E-state index in [0.29, 0.717) is 13.0 Å². The molecule has 138 valence electrons. The Labute approximate surface area is 161 Å². The number of nitrogens with two attached hydrogens (primary N) is 1. The van der Waals surface area contributed by atoms with Crippen molar-refractivity contribution in [2.75, 3.05) is 25.0 Å². The van der Waals surface area contributed by atoms with Crippen molar-refractivity contribution in [3.63, 3.8) is 0 Å². The first-order valence-corrected chi connectivity index (χ1v) is 9.60. The third-order valence-corrected chi connectivity index (χ3v) is 5.70. The van der Waals surface area contributed by atoms with E-state index in [2.05, 4.69) is 9.98 Å². The van der Waals surface area contributed by atoms with Crippen LogP contribution in [0.15, 0.2) is 47.7 Å². The summed E-state index contributed by atoms with van der Waals surface area (Å²) < 4.78 is 14.5. The van der Waals surface area contributed by atoms with Gasteiger partial charge in [-0.05, 0) is 36.2 Å². The van der Waals surface area contributed by atoms with Crippen LogP contribution in [0.1, 0.15) is 12.0 Å². The van der Waals surface area contributed by atoms with Gasteiger partial charge in [0.05, 0.1) is 16.8 Å². The lowest BCUT2D eigenvalue weighted by atomic mass is 10.1. The average Bonchev–Trinajstić information content (AvgIpc) is 3.32. The number of nitrogens with zero attached hydrogens (tertiary/aromatic N) is 4. The van der Waals surface area contributed by atoms with Gasteiger partial charge in [0.15, 0.2) is 0 Å². The number of pyridine rings is 1. The van der Waals surface area contributed by atoms with E-state index in [4.69, 9.17) is 10.7 Å². The molecular formula is C20H20FN5S. The van der Waals surface area contributed by atoms with Crippen molar-refractivity contribution in [1.29, 1.82) is 0 Å². The quantitative estimate of drug-likeness (QED) is 0.696. The van der Waals surface area contributed by atoms with Gasteiger partial charge in [-0.1, -0.05) is 6.07 Å². The van der Waals surface area contributed by atoms with Crippen molar-refractivity contribution in [3.8, 4) is 10.6 Å². The summed E-state index contributed by atoms with van der Waals surface area (Å²) in [6, 6.07) is 10.0. The number of hydrogen-bond donors (Lipinski definition) is 1. The number of thiazole rings is 1. The lowest BCUT2D eigenvalue weighted by Gasteiger charge is -2.15. The van der Waals surface area contributed by atoms with Crippen molar-refractivity contribution in [2.24, 2.45) is 10.7 Å². The van der Waals surface area contributed by atoms with Gasteiger partial charge in [-0.3, -0.25) is 4.99 Å². The molecule has 1 saturated heterocycles. The minimum Gasteiger partial charge on any atom is -0.404 e. The molecule has 0 bridgehead atoms. The fourth-order valence-corrected chi connectivity index (χ4v) is 4.14. The Balaban J connectivity index is 1.62. The summed E-state index contributed by atoms with van der Waals surface area (Å²) in [5.74, 6) is 0.818. The smallest absolute Gasteiger partial charge is 0.128 e. The van der Waals surface area contributed by atoms with Gasteiger partial charge in [-0.15, -0.1) is 11.3 Å². The summed E-state index contributed by atoms with van der Waals surface area (Å²) >= 11 is 1.62. The maximum absolute atomic E-state index is 13.4. The lowest BCUT2D eigenvalue weighted by Crippen LogP contribution is -2.20. The third-order valence-electron chi connectivity index (χ3n) is 4.62. The first-order chi connectivity index (χ1) is 13.2. The van der Waals surface area contributed by atoms with Crippen LogP contribution in [0.2, 0.25) is 0 Å². The van der Waals surface area contributed by atoms with Gasteiger partial charge in [-0.2, -0.15) is 0 Å². The topological polar surface area (TPSA) is 67.4 Å². The van der Waals surface area contributed by atoms with Crippen molar-refractivity contribution < 1.29 is 4.39 Å². The average molecular weight is 381 g/mol. The molecule has 1 aliphatic heterocycles. The van der Waals surface area contributed by atoms with Crippen molar-refractivity contribution in [3.05, 3.63) is 48.3 Å². The van der Waals surface area contributed by atoms with Crippen molar-refractivity contribution in [2.45, 2.75) is 12.6 Å². The molecule has 0 saturated carbocycles. The van der Waals surface area contributed by atoms with E-state index < -0.39 is 6.17 Å². The molecule has 3 heterocycles. The van der Waals surface area contributed by atoms with Crippen LogP contribution in [0.3, 0.4) is 0 Å². The standard InChI is InChI=1S/C20H20FN5S/c1-23-10-15(9-22)13-2-4-18-17(8-13)25-20(27-18)14-3-5-19(24-11-14)26-7-6-16(21)12-26/h2-5,8-11,16H,6-7,12,22H2,1H3. The highest BCUT2D eigenvalue weighted by Crippen LogP contribution is 2.32. The van der Waals surface area contributed by atoms with Crippen LogP contribution in [0.5, 0.6) is 0 Å². The Morgan fingerprint density at radius 3 is 2.93 bits per heavy atom. The SMILES string of the molecule is CN=CC(=CN)c1ccc2sc(-c3ccc(N4CCC(F)C4)nc3)nc2c1. The van der Waals surface area contributed by atoms with E-state index in [0.717, 1.165) is 44.3 Å². The minimum absolute atomic E-state index is 0.425. The summed E-state index contributed by atoms with van der Waals surface area (Å²) in [4.78, 5) is 15.3. The second-order valence-corrected chi connectivity index (χ2v) is 7.48.